The van der Waals surface area contributed by atoms with Gasteiger partial charge >= 0.3 is 0 Å². The molecule has 0 amide bonds. The van der Waals surface area contributed by atoms with Crippen molar-refractivity contribution < 1.29 is 0 Å². The summed E-state index contributed by atoms with van der Waals surface area (Å²) in [5, 5.41) is 0. The quantitative estimate of drug-likeness (QED) is 0.450. The molecule has 2 heteroatoms. The Hall–Kier alpha value is -0.340. The van der Waals surface area contributed by atoms with Gasteiger partial charge in [0.25, 0.3) is 0 Å². The van der Waals surface area contributed by atoms with Crippen molar-refractivity contribution in [1.29, 1.82) is 0 Å². The maximum absolute atomic E-state index is 2.41. The maximum atomic E-state index is 2.41. The van der Waals surface area contributed by atoms with E-state index in [1.54, 1.807) is 0 Å². The van der Waals surface area contributed by atoms with E-state index < -0.39 is 0 Å². The van der Waals surface area contributed by atoms with Crippen molar-refractivity contribution in [3.63, 3.8) is 0 Å². The first-order valence-corrected chi connectivity index (χ1v) is 3.84. The number of hydrogen-bond acceptors (Lipinski definition) is 2. The van der Waals surface area contributed by atoms with E-state index in [0.717, 1.165) is 0 Å². The van der Waals surface area contributed by atoms with Gasteiger partial charge in [0.2, 0.25) is 0 Å². The van der Waals surface area contributed by atoms with Crippen LogP contribution in [0.3, 0.4) is 0 Å². The molecule has 2 heterocycles. The lowest BCUT2D eigenvalue weighted by Gasteiger charge is -2.22. The fraction of sp³-hybridized carbons (Fsp3) is 0.750. The van der Waals surface area contributed by atoms with E-state index in [4.69, 9.17) is 0 Å². The van der Waals surface area contributed by atoms with Crippen LogP contribution >= 0.6 is 0 Å². The zero-order chi connectivity index (χ0) is 7.30. The molecule has 3 atom stereocenters. The number of likely N-dealkylation sites (N-methyl/N-ethyl adjacent to an activating group) is 2. The topological polar surface area (TPSA) is 6.48 Å². The van der Waals surface area contributed by atoms with Crippen molar-refractivity contribution in [2.75, 3.05) is 14.1 Å². The lowest BCUT2D eigenvalue weighted by molar-refractivity contribution is 0.224. The van der Waals surface area contributed by atoms with Gasteiger partial charge in [-0.15, -0.1) is 0 Å². The Morgan fingerprint density at radius 2 is 1.80 bits per heavy atom. The summed E-state index contributed by atoms with van der Waals surface area (Å²) < 4.78 is 0. The Balaban J connectivity index is 2.30. The monoisotopic (exact) mass is 138 g/mol. The smallest absolute Gasteiger partial charge is 0.0818 e. The summed E-state index contributed by atoms with van der Waals surface area (Å²) in [6.45, 7) is 2.28. The highest BCUT2D eigenvalue weighted by molar-refractivity contribution is 5.17. The summed E-state index contributed by atoms with van der Waals surface area (Å²) in [4.78, 5) is 4.81. The summed E-state index contributed by atoms with van der Waals surface area (Å²) in [6.07, 6.45) is 5.17. The minimum atomic E-state index is 0.569. The minimum Gasteiger partial charge on any atom is -0.283 e. The molecule has 1 fully saturated rings. The Labute approximate surface area is 62.1 Å². The molecule has 2 nitrogen and oxygen atoms in total. The minimum absolute atomic E-state index is 0.569. The average Bonchev–Trinajstić information content (AvgIpc) is 2.34. The van der Waals surface area contributed by atoms with Crippen LogP contribution < -0.4 is 0 Å². The first kappa shape index (κ1) is 6.38. The Bertz CT molecular complexity index is 158. The van der Waals surface area contributed by atoms with Crippen molar-refractivity contribution in [2.45, 2.75) is 25.2 Å². The highest BCUT2D eigenvalue weighted by Gasteiger charge is 2.41. The van der Waals surface area contributed by atoms with Crippen LogP contribution in [0.2, 0.25) is 0 Å². The van der Waals surface area contributed by atoms with Gasteiger partial charge < -0.3 is 0 Å². The molecule has 0 saturated carbocycles. The molecule has 1 unspecified atom stereocenters. The Kier molecular flexibility index (Phi) is 1.17. The maximum Gasteiger partial charge on any atom is 0.0818 e. The standard InChI is InChI=1S/C8H14N2/c1-6-7-4-5-8(9(6)2)10(7)3/h4-8H,1-3H3/t6?,7-,8+/m1/s1. The molecule has 2 aliphatic rings. The van der Waals surface area contributed by atoms with E-state index in [-0.39, 0.29) is 0 Å². The lowest BCUT2D eigenvalue weighted by Crippen LogP contribution is -2.34. The second-order valence-corrected chi connectivity index (χ2v) is 3.36. The van der Waals surface area contributed by atoms with Crippen LogP contribution in [0.1, 0.15) is 6.92 Å². The Morgan fingerprint density at radius 1 is 1.10 bits per heavy atom. The fourth-order valence-electron chi connectivity index (χ4n) is 2.07. The summed E-state index contributed by atoms with van der Waals surface area (Å²) >= 11 is 0. The van der Waals surface area contributed by atoms with Crippen LogP contribution in [0.15, 0.2) is 12.2 Å². The van der Waals surface area contributed by atoms with Crippen molar-refractivity contribution in [1.82, 2.24) is 9.80 Å². The second kappa shape index (κ2) is 1.83. The molecule has 0 spiro atoms. The van der Waals surface area contributed by atoms with Crippen LogP contribution in [-0.2, 0) is 0 Å². The van der Waals surface area contributed by atoms with Gasteiger partial charge in [-0.1, -0.05) is 12.2 Å². The van der Waals surface area contributed by atoms with Gasteiger partial charge in [0.1, 0.15) is 0 Å². The SMILES string of the molecule is CC1[C@H]2C=C[C@@H](N1C)N2C. The molecular weight excluding hydrogens is 124 g/mol. The fourth-order valence-corrected chi connectivity index (χ4v) is 2.07. The summed E-state index contributed by atoms with van der Waals surface area (Å²) in [5.41, 5.74) is 0. The molecule has 0 aliphatic carbocycles. The van der Waals surface area contributed by atoms with Crippen LogP contribution in [0.25, 0.3) is 0 Å². The lowest BCUT2D eigenvalue weighted by atomic mass is 10.1. The summed E-state index contributed by atoms with van der Waals surface area (Å²) in [7, 11) is 4.38. The predicted molar refractivity (Wildman–Crippen MR) is 41.7 cm³/mol. The van der Waals surface area contributed by atoms with Crippen LogP contribution in [0.4, 0.5) is 0 Å². The van der Waals surface area contributed by atoms with E-state index in [1.807, 2.05) is 0 Å². The van der Waals surface area contributed by atoms with E-state index in [9.17, 15) is 0 Å². The summed E-state index contributed by atoms with van der Waals surface area (Å²) in [6, 6.07) is 1.36. The first-order chi connectivity index (χ1) is 4.72. The van der Waals surface area contributed by atoms with Crippen molar-refractivity contribution >= 4 is 0 Å². The van der Waals surface area contributed by atoms with Gasteiger partial charge in [0.05, 0.1) is 6.17 Å². The third-order valence-corrected chi connectivity index (χ3v) is 2.92. The predicted octanol–water partition coefficient (Wildman–Crippen LogP) is 0.517. The number of rotatable bonds is 0. The third-order valence-electron chi connectivity index (χ3n) is 2.92. The van der Waals surface area contributed by atoms with Crippen LogP contribution in [-0.4, -0.2) is 42.1 Å². The van der Waals surface area contributed by atoms with Gasteiger partial charge in [-0.3, -0.25) is 9.80 Å². The highest BCUT2D eigenvalue weighted by Crippen LogP contribution is 2.30. The number of fused-ring (bicyclic) bond motifs is 2. The van der Waals surface area contributed by atoms with Gasteiger partial charge in [-0.2, -0.15) is 0 Å². The second-order valence-electron chi connectivity index (χ2n) is 3.36. The van der Waals surface area contributed by atoms with E-state index in [1.165, 1.54) is 0 Å². The third kappa shape index (κ3) is 0.559. The van der Waals surface area contributed by atoms with Gasteiger partial charge in [0, 0.05) is 12.1 Å². The van der Waals surface area contributed by atoms with Crippen LogP contribution in [0.5, 0.6) is 0 Å². The van der Waals surface area contributed by atoms with Gasteiger partial charge in [-0.05, 0) is 21.0 Å². The normalized spacial score (nSPS) is 47.3. The van der Waals surface area contributed by atoms with E-state index >= 15 is 0 Å². The molecule has 56 valence electrons. The zero-order valence-corrected chi connectivity index (χ0v) is 6.78. The zero-order valence-electron chi connectivity index (χ0n) is 6.78. The molecular formula is C8H14N2. The summed E-state index contributed by atoms with van der Waals surface area (Å²) in [5.74, 6) is 0. The molecule has 2 bridgehead atoms. The van der Waals surface area contributed by atoms with Gasteiger partial charge in [-0.25, -0.2) is 0 Å². The molecule has 2 rings (SSSR count). The molecule has 0 aromatic heterocycles. The van der Waals surface area contributed by atoms with E-state index in [0.29, 0.717) is 18.2 Å². The van der Waals surface area contributed by atoms with Crippen molar-refractivity contribution in [2.24, 2.45) is 0 Å². The number of nitrogens with zero attached hydrogens (tertiary/aromatic N) is 2. The molecule has 0 aromatic rings. The van der Waals surface area contributed by atoms with E-state index in [2.05, 4.69) is 43.0 Å². The highest BCUT2D eigenvalue weighted by atomic mass is 15.4. The average molecular weight is 138 g/mol. The molecule has 0 radical (unpaired) electrons. The molecule has 0 aromatic carbocycles. The molecule has 2 aliphatic heterocycles. The van der Waals surface area contributed by atoms with Gasteiger partial charge in [0.15, 0.2) is 0 Å². The Morgan fingerprint density at radius 3 is 2.10 bits per heavy atom. The molecule has 0 N–H and O–H groups in total. The molecule has 10 heavy (non-hydrogen) atoms. The van der Waals surface area contributed by atoms with Crippen molar-refractivity contribution in [3.8, 4) is 0 Å². The largest absolute Gasteiger partial charge is 0.283 e. The first-order valence-electron chi connectivity index (χ1n) is 3.84. The van der Waals surface area contributed by atoms with Crippen LogP contribution in [0, 0.1) is 0 Å². The van der Waals surface area contributed by atoms with Crippen molar-refractivity contribution in [3.05, 3.63) is 12.2 Å². The molecule has 1 saturated heterocycles. The number of hydrogen-bond donors (Lipinski definition) is 0.